The van der Waals surface area contributed by atoms with Crippen LogP contribution in [0.15, 0.2) is 66.7 Å². The molecule has 5 rings (SSSR count). The lowest BCUT2D eigenvalue weighted by atomic mass is 9.87. The highest BCUT2D eigenvalue weighted by molar-refractivity contribution is 6.00. The Morgan fingerprint density at radius 2 is 1.73 bits per heavy atom. The maximum absolute atomic E-state index is 13.9. The number of allylic oxidation sites excluding steroid dienone is 1. The zero-order valence-corrected chi connectivity index (χ0v) is 23.0. The minimum Gasteiger partial charge on any atom is -0.489 e. The molecule has 3 aromatic rings. The van der Waals surface area contributed by atoms with Gasteiger partial charge in [-0.05, 0) is 89.8 Å². The number of nitrogens with zero attached hydrogens (tertiary/aromatic N) is 1. The van der Waals surface area contributed by atoms with Gasteiger partial charge in [0, 0.05) is 36.6 Å². The molecule has 216 valence electrons. The number of carbonyl (C=O) groups is 1. The fourth-order valence-electron chi connectivity index (χ4n) is 5.81. The quantitative estimate of drug-likeness (QED) is 0.246. The van der Waals surface area contributed by atoms with E-state index in [2.05, 4.69) is 9.84 Å². The van der Waals surface area contributed by atoms with Crippen LogP contribution in [0.25, 0.3) is 11.1 Å². The van der Waals surface area contributed by atoms with E-state index in [0.29, 0.717) is 19.3 Å². The van der Waals surface area contributed by atoms with Crippen molar-refractivity contribution in [3.8, 4) is 5.75 Å². The van der Waals surface area contributed by atoms with Crippen molar-refractivity contribution < 1.29 is 32.2 Å². The second-order valence-electron chi connectivity index (χ2n) is 10.8. The highest BCUT2D eigenvalue weighted by Gasteiger charge is 2.26. The van der Waals surface area contributed by atoms with Crippen molar-refractivity contribution in [2.75, 3.05) is 26.3 Å². The van der Waals surface area contributed by atoms with E-state index in [9.17, 15) is 22.5 Å². The summed E-state index contributed by atoms with van der Waals surface area (Å²) in [5.74, 6) is -3.25. The van der Waals surface area contributed by atoms with Crippen LogP contribution in [0.2, 0.25) is 0 Å². The van der Waals surface area contributed by atoms with E-state index < -0.39 is 11.9 Å². The van der Waals surface area contributed by atoms with Gasteiger partial charge in [-0.1, -0.05) is 42.5 Å². The second-order valence-corrected chi connectivity index (χ2v) is 10.8. The molecule has 41 heavy (non-hydrogen) atoms. The zero-order chi connectivity index (χ0) is 29.0. The van der Waals surface area contributed by atoms with Gasteiger partial charge in [0.2, 0.25) is 0 Å². The number of benzene rings is 3. The predicted octanol–water partition coefficient (Wildman–Crippen LogP) is 7.95. The normalized spacial score (nSPS) is 17.7. The first-order chi connectivity index (χ1) is 19.8. The van der Waals surface area contributed by atoms with Crippen molar-refractivity contribution in [1.82, 2.24) is 4.90 Å². The molecule has 0 bridgehead atoms. The van der Waals surface area contributed by atoms with Crippen LogP contribution in [-0.4, -0.2) is 43.3 Å². The second kappa shape index (κ2) is 12.5. The Labute approximate surface area is 237 Å². The summed E-state index contributed by atoms with van der Waals surface area (Å²) < 4.78 is 59.2. The molecule has 1 aliphatic heterocycles. The van der Waals surface area contributed by atoms with E-state index in [1.807, 2.05) is 24.3 Å². The van der Waals surface area contributed by atoms with Crippen molar-refractivity contribution in [3.05, 3.63) is 100 Å². The summed E-state index contributed by atoms with van der Waals surface area (Å²) in [6, 6.07) is 19.2. The van der Waals surface area contributed by atoms with Gasteiger partial charge in [-0.3, -0.25) is 9.29 Å². The average molecular weight is 568 g/mol. The number of ether oxygens (including phenoxy) is 1. The number of carbonyl (C=O) groups excluding carboxylic acids is 1. The Bertz CT molecular complexity index is 1400. The van der Waals surface area contributed by atoms with E-state index in [0.717, 1.165) is 78.5 Å². The van der Waals surface area contributed by atoms with E-state index in [4.69, 9.17) is 4.74 Å². The zero-order valence-electron chi connectivity index (χ0n) is 23.0. The van der Waals surface area contributed by atoms with Gasteiger partial charge in [0.25, 0.3) is 5.92 Å². The molecule has 0 unspecified atom stereocenters. The number of hydrogen-bond donors (Lipinski definition) is 0. The molecule has 0 radical (unpaired) electrons. The maximum atomic E-state index is 13.9. The lowest BCUT2D eigenvalue weighted by Crippen LogP contribution is -2.26. The van der Waals surface area contributed by atoms with Gasteiger partial charge in [-0.25, -0.2) is 18.5 Å². The third-order valence-electron chi connectivity index (χ3n) is 7.88. The van der Waals surface area contributed by atoms with Crippen LogP contribution in [-0.2, 0) is 17.3 Å². The molecule has 0 spiro atoms. The van der Waals surface area contributed by atoms with Crippen LogP contribution in [0, 0.1) is 0 Å². The first-order valence-electron chi connectivity index (χ1n) is 14.0. The number of fused-ring (bicyclic) bond motifs is 1. The molecular formula is C33H33F4NO3. The summed E-state index contributed by atoms with van der Waals surface area (Å²) in [4.78, 5) is 17.5. The first kappa shape index (κ1) is 28.9. The number of alkyl halides is 3. The molecule has 1 heterocycles. The van der Waals surface area contributed by atoms with Gasteiger partial charge in [0.1, 0.15) is 11.9 Å². The van der Waals surface area contributed by atoms with Crippen LogP contribution in [0.1, 0.15) is 70.8 Å². The summed E-state index contributed by atoms with van der Waals surface area (Å²) in [7, 11) is 0. The predicted molar refractivity (Wildman–Crippen MR) is 150 cm³/mol. The fourth-order valence-corrected chi connectivity index (χ4v) is 5.81. The summed E-state index contributed by atoms with van der Waals surface area (Å²) in [5, 5.41) is 0. The maximum Gasteiger partial charge on any atom is 0.379 e. The molecule has 3 aromatic carbocycles. The van der Waals surface area contributed by atoms with Gasteiger partial charge >= 0.3 is 5.97 Å². The minimum atomic E-state index is -2.94. The van der Waals surface area contributed by atoms with Gasteiger partial charge in [-0.2, -0.15) is 0 Å². The molecule has 0 amide bonds. The van der Waals surface area contributed by atoms with Crippen molar-refractivity contribution >= 4 is 17.1 Å². The molecule has 0 N–H and O–H groups in total. The number of halogens is 4. The Kier molecular flexibility index (Phi) is 8.78. The summed E-state index contributed by atoms with van der Waals surface area (Å²) in [6.45, 7) is 2.94. The molecule has 0 aromatic heterocycles. The third kappa shape index (κ3) is 6.64. The lowest BCUT2D eigenvalue weighted by Gasteiger charge is -2.19. The standard InChI is InChI=1S/C33H33F4NO3/c1-33(35,36)26-11-6-22(7-12-26)29-5-2-4-24-20-25(32(39)41-37)10-15-30(24)31(29)23-8-13-27(14-9-23)40-28-16-19-38(21-28)18-3-17-34/h6-15,20,28H,2-5,16-19,21H2,1H3/t28-/m0/s1. The van der Waals surface area contributed by atoms with Crippen molar-refractivity contribution in [2.45, 2.75) is 51.1 Å². The average Bonchev–Trinajstić information content (AvgIpc) is 3.33. The fraction of sp³-hybridized carbons (Fsp3) is 0.364. The van der Waals surface area contributed by atoms with Gasteiger partial charge in [0.05, 0.1) is 12.2 Å². The highest BCUT2D eigenvalue weighted by atomic mass is 19.3. The smallest absolute Gasteiger partial charge is 0.379 e. The summed E-state index contributed by atoms with van der Waals surface area (Å²) in [6.07, 6.45) is 3.55. The Hall–Kier alpha value is -3.65. The van der Waals surface area contributed by atoms with Crippen LogP contribution < -0.4 is 4.74 Å². The van der Waals surface area contributed by atoms with Crippen LogP contribution in [0.4, 0.5) is 17.7 Å². The molecular weight excluding hydrogens is 534 g/mol. The molecule has 1 atom stereocenters. The van der Waals surface area contributed by atoms with E-state index in [1.165, 1.54) is 18.2 Å². The molecule has 1 fully saturated rings. The summed E-state index contributed by atoms with van der Waals surface area (Å²) >= 11 is 0. The third-order valence-corrected chi connectivity index (χ3v) is 7.88. The lowest BCUT2D eigenvalue weighted by molar-refractivity contribution is -0.0788. The Morgan fingerprint density at radius 3 is 2.41 bits per heavy atom. The molecule has 0 saturated carbocycles. The van der Waals surface area contributed by atoms with Crippen molar-refractivity contribution in [3.63, 3.8) is 0 Å². The topological polar surface area (TPSA) is 38.8 Å². The molecule has 2 aliphatic rings. The molecule has 8 heteroatoms. The van der Waals surface area contributed by atoms with Crippen molar-refractivity contribution in [2.24, 2.45) is 0 Å². The van der Waals surface area contributed by atoms with Gasteiger partial charge in [-0.15, -0.1) is 0 Å². The SMILES string of the molecule is CC(F)(F)c1ccc(C2=C(c3ccc(O[C@H]4CCN(CCCF)C4)cc3)c3ccc(C(=O)OF)cc3CCC2)cc1. The van der Waals surface area contributed by atoms with Crippen molar-refractivity contribution in [1.29, 1.82) is 0 Å². The minimum absolute atomic E-state index is 0.0396. The highest BCUT2D eigenvalue weighted by Crippen LogP contribution is 2.41. The first-order valence-corrected chi connectivity index (χ1v) is 14.0. The Balaban J connectivity index is 1.50. The van der Waals surface area contributed by atoms with E-state index in [-0.39, 0.29) is 23.9 Å². The molecule has 1 saturated heterocycles. The van der Waals surface area contributed by atoms with E-state index >= 15 is 0 Å². The largest absolute Gasteiger partial charge is 0.489 e. The number of rotatable bonds is 9. The van der Waals surface area contributed by atoms with Crippen LogP contribution in [0.5, 0.6) is 5.75 Å². The molecule has 4 nitrogen and oxygen atoms in total. The number of likely N-dealkylation sites (tertiary alicyclic amines) is 1. The Morgan fingerprint density at radius 1 is 1.00 bits per heavy atom. The van der Waals surface area contributed by atoms with Gasteiger partial charge in [0.15, 0.2) is 0 Å². The monoisotopic (exact) mass is 567 g/mol. The van der Waals surface area contributed by atoms with Crippen LogP contribution >= 0.6 is 0 Å². The number of hydrogen-bond acceptors (Lipinski definition) is 4. The number of aryl methyl sites for hydroxylation is 1. The van der Waals surface area contributed by atoms with Crippen LogP contribution in [0.3, 0.4) is 0 Å². The molecule has 1 aliphatic carbocycles. The van der Waals surface area contributed by atoms with Gasteiger partial charge < -0.3 is 4.74 Å². The van der Waals surface area contributed by atoms with E-state index in [1.54, 1.807) is 24.3 Å². The summed E-state index contributed by atoms with van der Waals surface area (Å²) in [5.41, 5.74) is 5.54.